The van der Waals surface area contributed by atoms with Gasteiger partial charge in [0.25, 0.3) is 0 Å². The Kier molecular flexibility index (Phi) is 4.77. The minimum absolute atomic E-state index is 0.135. The van der Waals surface area contributed by atoms with Crippen molar-refractivity contribution in [3.05, 3.63) is 46.1 Å². The lowest BCUT2D eigenvalue weighted by atomic mass is 9.91. The molecule has 1 saturated carbocycles. The number of nitrogens with zero attached hydrogens (tertiary/aromatic N) is 3. The molecule has 2 N–H and O–H groups in total. The fourth-order valence-electron chi connectivity index (χ4n) is 4.00. The highest BCUT2D eigenvalue weighted by Gasteiger charge is 2.36. The average molecular weight is 467 g/mol. The Hall–Kier alpha value is -2.14. The quantitative estimate of drug-likeness (QED) is 0.559. The molecule has 1 atom stereocenters. The number of nitrogens with two attached hydrogens (primary N) is 1. The van der Waals surface area contributed by atoms with Crippen molar-refractivity contribution >= 4 is 43.9 Å². The van der Waals surface area contributed by atoms with Crippen LogP contribution in [0, 0.1) is 5.92 Å². The molecular weight excluding hydrogens is 448 g/mol. The van der Waals surface area contributed by atoms with Gasteiger partial charge in [0.15, 0.2) is 10.1 Å². The fourth-order valence-corrected chi connectivity index (χ4v) is 6.35. The molecule has 0 radical (unpaired) electrons. The smallest absolute Gasteiger partial charge is 0.358 e. The molecule has 0 bridgehead atoms. The van der Waals surface area contributed by atoms with Crippen molar-refractivity contribution in [1.29, 1.82) is 0 Å². The maximum Gasteiger partial charge on any atom is 0.358 e. The predicted octanol–water partition coefficient (Wildman–Crippen LogP) is 2.61. The zero-order chi connectivity index (χ0) is 21.0. The number of amides is 1. The van der Waals surface area contributed by atoms with Gasteiger partial charge in [-0.15, -0.1) is 11.3 Å². The van der Waals surface area contributed by atoms with E-state index in [4.69, 9.17) is 21.5 Å². The van der Waals surface area contributed by atoms with E-state index in [-0.39, 0.29) is 15.9 Å². The number of fused-ring (bicyclic) bond motifs is 2. The standard InChI is InChI=1S/C19H19ClN4O4S2/c20-16-18(24-7-8-29-19(24)22-16)30(26,27)28-13-3-4-14-12(9-13)5-6-23(10-11-1-2-11)15(14)17(21)25/h3-4,7-9,11,15H,1-2,5-6,10H2,(H2,21,25). The Bertz CT molecular complexity index is 1250. The Morgan fingerprint density at radius 2 is 2.17 bits per heavy atom. The molecule has 5 rings (SSSR count). The molecule has 3 heterocycles. The summed E-state index contributed by atoms with van der Waals surface area (Å²) < 4.78 is 32.5. The molecule has 1 aliphatic carbocycles. The van der Waals surface area contributed by atoms with Gasteiger partial charge in [-0.25, -0.2) is 4.98 Å². The first-order valence-corrected chi connectivity index (χ1v) is 12.2. The minimum atomic E-state index is -4.20. The van der Waals surface area contributed by atoms with Crippen LogP contribution < -0.4 is 9.92 Å². The summed E-state index contributed by atoms with van der Waals surface area (Å²) >= 11 is 7.32. The van der Waals surface area contributed by atoms with E-state index in [0.717, 1.165) is 17.7 Å². The monoisotopic (exact) mass is 466 g/mol. The average Bonchev–Trinajstić information content (AvgIpc) is 3.28. The molecule has 1 fully saturated rings. The van der Waals surface area contributed by atoms with Crippen LogP contribution in [-0.4, -0.2) is 41.7 Å². The van der Waals surface area contributed by atoms with E-state index in [2.05, 4.69) is 9.88 Å². The summed E-state index contributed by atoms with van der Waals surface area (Å²) in [6, 6.07) is 4.44. The van der Waals surface area contributed by atoms with Crippen molar-refractivity contribution in [3.8, 4) is 5.75 Å². The van der Waals surface area contributed by atoms with Gasteiger partial charge in [0, 0.05) is 24.7 Å². The van der Waals surface area contributed by atoms with Crippen molar-refractivity contribution < 1.29 is 17.4 Å². The van der Waals surface area contributed by atoms with Gasteiger partial charge < -0.3 is 9.92 Å². The fraction of sp³-hybridized carbons (Fsp3) is 0.368. The third kappa shape index (κ3) is 3.47. The number of carbonyl (C=O) groups excluding carboxylic acids is 1. The highest BCUT2D eigenvalue weighted by atomic mass is 35.5. The number of benzene rings is 1. The summed E-state index contributed by atoms with van der Waals surface area (Å²) in [7, 11) is -4.20. The van der Waals surface area contributed by atoms with E-state index in [1.807, 2.05) is 0 Å². The maximum absolute atomic E-state index is 12.9. The summed E-state index contributed by atoms with van der Waals surface area (Å²) in [6.07, 6.45) is 4.64. The van der Waals surface area contributed by atoms with Crippen LogP contribution in [0.1, 0.15) is 30.0 Å². The molecule has 2 aromatic heterocycles. The number of hydrogen-bond donors (Lipinski definition) is 1. The second kappa shape index (κ2) is 7.23. The van der Waals surface area contributed by atoms with E-state index < -0.39 is 22.1 Å². The first kappa shape index (κ1) is 19.8. The number of carbonyl (C=O) groups is 1. The van der Waals surface area contributed by atoms with E-state index in [9.17, 15) is 13.2 Å². The third-order valence-corrected chi connectivity index (χ3v) is 7.93. The van der Waals surface area contributed by atoms with Crippen molar-refractivity contribution in [3.63, 3.8) is 0 Å². The first-order valence-electron chi connectivity index (χ1n) is 9.55. The van der Waals surface area contributed by atoms with Crippen LogP contribution in [0.3, 0.4) is 0 Å². The van der Waals surface area contributed by atoms with Gasteiger partial charge in [-0.1, -0.05) is 17.7 Å². The number of halogens is 1. The van der Waals surface area contributed by atoms with Crippen LogP contribution in [-0.2, 0) is 21.3 Å². The zero-order valence-electron chi connectivity index (χ0n) is 15.8. The largest absolute Gasteiger partial charge is 0.378 e. The molecule has 2 aliphatic rings. The highest BCUT2D eigenvalue weighted by molar-refractivity contribution is 7.87. The van der Waals surface area contributed by atoms with E-state index >= 15 is 0 Å². The first-order chi connectivity index (χ1) is 14.3. The molecule has 0 spiro atoms. The van der Waals surface area contributed by atoms with Crippen molar-refractivity contribution in [2.45, 2.75) is 30.3 Å². The third-order valence-electron chi connectivity index (χ3n) is 5.52. The van der Waals surface area contributed by atoms with Gasteiger partial charge in [0.05, 0.1) is 0 Å². The number of rotatable bonds is 6. The summed E-state index contributed by atoms with van der Waals surface area (Å²) in [5, 5.41) is 1.38. The number of thiazole rings is 1. The predicted molar refractivity (Wildman–Crippen MR) is 112 cm³/mol. The molecule has 0 saturated heterocycles. The van der Waals surface area contributed by atoms with Gasteiger partial charge >= 0.3 is 10.1 Å². The Morgan fingerprint density at radius 1 is 1.37 bits per heavy atom. The Labute approximate surface area is 182 Å². The van der Waals surface area contributed by atoms with Crippen LogP contribution >= 0.6 is 22.9 Å². The van der Waals surface area contributed by atoms with E-state index in [1.54, 1.807) is 29.8 Å². The van der Waals surface area contributed by atoms with Crippen molar-refractivity contribution in [2.75, 3.05) is 13.1 Å². The molecule has 1 amide bonds. The second-order valence-electron chi connectivity index (χ2n) is 7.65. The SMILES string of the molecule is NC(=O)C1c2ccc(OS(=O)(=O)c3c(Cl)nc4sccn34)cc2CCN1CC1CC1. The second-order valence-corrected chi connectivity index (χ2v) is 10.3. The van der Waals surface area contributed by atoms with Crippen molar-refractivity contribution in [1.82, 2.24) is 14.3 Å². The summed E-state index contributed by atoms with van der Waals surface area (Å²) in [5.74, 6) is 0.396. The molecule has 1 aliphatic heterocycles. The molecule has 30 heavy (non-hydrogen) atoms. The van der Waals surface area contributed by atoms with Gasteiger partial charge in [0.1, 0.15) is 11.8 Å². The molecular formula is C19H19ClN4O4S2. The van der Waals surface area contributed by atoms with Crippen molar-refractivity contribution in [2.24, 2.45) is 11.7 Å². The molecule has 158 valence electrons. The lowest BCUT2D eigenvalue weighted by Gasteiger charge is -2.35. The van der Waals surface area contributed by atoms with E-state index in [0.29, 0.717) is 23.8 Å². The number of hydrogen-bond acceptors (Lipinski definition) is 7. The lowest BCUT2D eigenvalue weighted by Crippen LogP contribution is -2.43. The number of imidazole rings is 1. The molecule has 8 nitrogen and oxygen atoms in total. The normalized spacial score (nSPS) is 19.7. The Balaban J connectivity index is 1.45. The Morgan fingerprint density at radius 3 is 2.90 bits per heavy atom. The van der Waals surface area contributed by atoms with Gasteiger partial charge in [-0.3, -0.25) is 14.1 Å². The van der Waals surface area contributed by atoms with Crippen LogP contribution in [0.15, 0.2) is 34.8 Å². The summed E-state index contributed by atoms with van der Waals surface area (Å²) in [6.45, 7) is 1.55. The molecule has 11 heteroatoms. The maximum atomic E-state index is 12.9. The zero-order valence-corrected chi connectivity index (χ0v) is 18.2. The lowest BCUT2D eigenvalue weighted by molar-refractivity contribution is -0.124. The topological polar surface area (TPSA) is 107 Å². The summed E-state index contributed by atoms with van der Waals surface area (Å²) in [5.41, 5.74) is 7.37. The van der Waals surface area contributed by atoms with Crippen LogP contribution in [0.4, 0.5) is 0 Å². The minimum Gasteiger partial charge on any atom is -0.378 e. The van der Waals surface area contributed by atoms with Gasteiger partial charge in [-0.05, 0) is 48.4 Å². The van der Waals surface area contributed by atoms with Crippen LogP contribution in [0.2, 0.25) is 5.15 Å². The molecule has 1 unspecified atom stereocenters. The number of aromatic nitrogens is 2. The van der Waals surface area contributed by atoms with Gasteiger partial charge in [0.2, 0.25) is 10.9 Å². The molecule has 1 aromatic carbocycles. The summed E-state index contributed by atoms with van der Waals surface area (Å²) in [4.78, 5) is 18.8. The van der Waals surface area contributed by atoms with E-state index in [1.165, 1.54) is 28.6 Å². The van der Waals surface area contributed by atoms with Crippen LogP contribution in [0.25, 0.3) is 4.96 Å². The van der Waals surface area contributed by atoms with Crippen LogP contribution in [0.5, 0.6) is 5.75 Å². The number of primary amides is 1. The van der Waals surface area contributed by atoms with Gasteiger partial charge in [-0.2, -0.15) is 8.42 Å². The molecule has 3 aromatic rings. The highest BCUT2D eigenvalue weighted by Crippen LogP contribution is 2.37.